The largest absolute Gasteiger partial charge is 0.478 e. The lowest BCUT2D eigenvalue weighted by molar-refractivity contribution is -0.0658. The highest BCUT2D eigenvalue weighted by molar-refractivity contribution is 7.93. The van der Waals surface area contributed by atoms with Gasteiger partial charge in [-0.25, -0.2) is 35.8 Å². The molecule has 20 heteroatoms. The number of halogens is 2. The molecule has 1 fully saturated rings. The summed E-state index contributed by atoms with van der Waals surface area (Å²) >= 11 is 11.9. The highest BCUT2D eigenvalue weighted by atomic mass is 35.5. The van der Waals surface area contributed by atoms with Crippen molar-refractivity contribution in [1.82, 2.24) is 24.5 Å². The molecule has 1 aliphatic rings. The first-order valence-electron chi connectivity index (χ1n) is 16.9. The molecule has 2 aromatic heterocycles. The molecule has 7 rings (SSSR count). The Labute approximate surface area is 335 Å². The van der Waals surface area contributed by atoms with Crippen LogP contribution < -0.4 is 9.44 Å². The van der Waals surface area contributed by atoms with Gasteiger partial charge in [0.1, 0.15) is 9.79 Å². The maximum Gasteiger partial charge on any atom is 0.337 e. The van der Waals surface area contributed by atoms with Gasteiger partial charge < -0.3 is 14.9 Å². The number of nitrogens with zero attached hydrogens (tertiary/aromatic N) is 5. The molecule has 16 nitrogen and oxygen atoms in total. The van der Waals surface area contributed by atoms with Crippen molar-refractivity contribution < 1.29 is 41.4 Å². The average molecular weight is 853 g/mol. The summed E-state index contributed by atoms with van der Waals surface area (Å²) in [5.74, 6) is -2.66. The number of anilines is 2. The highest BCUT2D eigenvalue weighted by Gasteiger charge is 2.29. The van der Waals surface area contributed by atoms with Gasteiger partial charge in [0.25, 0.3) is 20.0 Å². The Morgan fingerprint density at radius 2 is 1.12 bits per heavy atom. The fourth-order valence-electron chi connectivity index (χ4n) is 5.90. The number of carboxylic acids is 2. The van der Waals surface area contributed by atoms with Crippen LogP contribution >= 0.6 is 23.2 Å². The number of aromatic nitrogens is 4. The molecule has 0 spiro atoms. The normalized spacial score (nSPS) is 13.6. The third-order valence-corrected chi connectivity index (χ3v) is 12.0. The summed E-state index contributed by atoms with van der Waals surface area (Å²) in [6, 6.07) is 21.9. The fraction of sp³-hybridized carbons (Fsp3) is 0.135. The lowest BCUT2D eigenvalue weighted by Gasteiger charge is -2.39. The third-order valence-electron chi connectivity index (χ3n) is 8.85. The van der Waals surface area contributed by atoms with Crippen LogP contribution in [0.15, 0.2) is 120 Å². The van der Waals surface area contributed by atoms with Gasteiger partial charge in [0.2, 0.25) is 0 Å². The van der Waals surface area contributed by atoms with E-state index in [1.807, 2.05) is 4.90 Å². The Morgan fingerprint density at radius 3 is 1.58 bits per heavy atom. The van der Waals surface area contributed by atoms with Gasteiger partial charge in [0.05, 0.1) is 71.4 Å². The molecule has 6 aromatic rings. The monoisotopic (exact) mass is 851 g/mol. The van der Waals surface area contributed by atoms with Gasteiger partial charge in [-0.3, -0.25) is 14.3 Å². The molecule has 3 heterocycles. The number of hydrogen-bond donors (Lipinski definition) is 4. The second-order valence-corrected chi connectivity index (χ2v) is 17.1. The molecule has 294 valence electrons. The van der Waals surface area contributed by atoms with Gasteiger partial charge in [-0.2, -0.15) is 10.2 Å². The Bertz CT molecular complexity index is 2700. The summed E-state index contributed by atoms with van der Waals surface area (Å²) < 4.78 is 66.0. The minimum atomic E-state index is -4.20. The van der Waals surface area contributed by atoms with Gasteiger partial charge in [0, 0.05) is 29.7 Å². The van der Waals surface area contributed by atoms with Crippen molar-refractivity contribution >= 4 is 66.6 Å². The van der Waals surface area contributed by atoms with E-state index < -0.39 is 32.0 Å². The molecule has 1 saturated heterocycles. The van der Waals surface area contributed by atoms with Crippen LogP contribution in [-0.4, -0.2) is 82.6 Å². The zero-order valence-electron chi connectivity index (χ0n) is 29.4. The highest BCUT2D eigenvalue weighted by Crippen LogP contribution is 2.27. The standard InChI is InChI=1S/C37H31Cl2N7O9S2/c38-25-3-7-27(8-4-25)45-20-30(15-40-45)56(51,52)42-34-11-1-23(13-32(34)36(47)48)17-44-18-29(19-44)55-22-24-2-12-35(33(14-24)37(49)50)43-57(53,54)31-16-41-46(21-31)28-9-5-26(39)6-10-28/h1-16,20-21,29,42-43H,17-19,22H2,(H,47,48)(H,49,50). The van der Waals surface area contributed by atoms with Crippen LogP contribution in [0.5, 0.6) is 0 Å². The minimum absolute atomic E-state index is 0.0519. The first-order valence-corrected chi connectivity index (χ1v) is 20.6. The molecule has 0 unspecified atom stereocenters. The van der Waals surface area contributed by atoms with E-state index in [1.54, 1.807) is 60.7 Å². The molecule has 0 atom stereocenters. The van der Waals surface area contributed by atoms with Crippen molar-refractivity contribution in [2.75, 3.05) is 22.5 Å². The van der Waals surface area contributed by atoms with Crippen LogP contribution in [0.2, 0.25) is 10.0 Å². The summed E-state index contributed by atoms with van der Waals surface area (Å²) in [7, 11) is -8.39. The second kappa shape index (κ2) is 16.0. The van der Waals surface area contributed by atoms with E-state index in [9.17, 15) is 36.6 Å². The summed E-state index contributed by atoms with van der Waals surface area (Å²) in [4.78, 5) is 25.9. The van der Waals surface area contributed by atoms with E-state index in [0.717, 1.165) is 12.4 Å². The van der Waals surface area contributed by atoms with E-state index in [0.29, 0.717) is 52.2 Å². The number of nitrogens with one attached hydrogen (secondary N) is 2. The molecule has 1 aliphatic heterocycles. The van der Waals surface area contributed by atoms with E-state index in [1.165, 1.54) is 46.0 Å². The van der Waals surface area contributed by atoms with E-state index in [4.69, 9.17) is 27.9 Å². The van der Waals surface area contributed by atoms with E-state index in [-0.39, 0.29) is 45.0 Å². The molecule has 0 bridgehead atoms. The summed E-state index contributed by atoms with van der Waals surface area (Å²) in [6.07, 6.45) is 4.68. The maximum absolute atomic E-state index is 13.2. The van der Waals surface area contributed by atoms with E-state index >= 15 is 0 Å². The molecule has 4 aromatic carbocycles. The third kappa shape index (κ3) is 9.12. The number of carboxylic acid groups (broad SMARTS) is 2. The van der Waals surface area contributed by atoms with Gasteiger partial charge >= 0.3 is 11.9 Å². The molecule has 0 radical (unpaired) electrons. The number of rotatable bonds is 15. The van der Waals surface area contributed by atoms with Crippen LogP contribution in [0, 0.1) is 0 Å². The average Bonchev–Trinajstić information content (AvgIpc) is 3.86. The van der Waals surface area contributed by atoms with Crippen molar-refractivity contribution in [3.63, 3.8) is 0 Å². The SMILES string of the molecule is O=C(O)c1cc(COC2CN(Cc3ccc(NS(=O)(=O)c4cnn(-c5ccc(Cl)cc5)c4)c(C(=O)O)c3)C2)ccc1NS(=O)(=O)c1cnn(-c2ccc(Cl)cc2)c1. The Hall–Kier alpha value is -5.76. The van der Waals surface area contributed by atoms with Gasteiger partial charge in [-0.1, -0.05) is 35.3 Å². The van der Waals surface area contributed by atoms with Crippen LogP contribution in [0.25, 0.3) is 11.4 Å². The second-order valence-electron chi connectivity index (χ2n) is 12.9. The quantitative estimate of drug-likeness (QED) is 0.0970. The number of likely N-dealkylation sites (tertiary alicyclic amines) is 1. The number of carbonyl (C=O) groups is 2. The van der Waals surface area contributed by atoms with E-state index in [2.05, 4.69) is 19.6 Å². The van der Waals surface area contributed by atoms with Crippen molar-refractivity contribution in [1.29, 1.82) is 0 Å². The Morgan fingerprint density at radius 1 is 0.684 bits per heavy atom. The first-order chi connectivity index (χ1) is 27.1. The maximum atomic E-state index is 13.2. The molecule has 0 saturated carbocycles. The van der Waals surface area contributed by atoms with Crippen LogP contribution in [-0.2, 0) is 37.9 Å². The smallest absolute Gasteiger partial charge is 0.337 e. The number of benzene rings is 4. The number of ether oxygens (including phenoxy) is 1. The lowest BCUT2D eigenvalue weighted by atomic mass is 10.1. The predicted molar refractivity (Wildman–Crippen MR) is 209 cm³/mol. The van der Waals surface area contributed by atoms with Crippen molar-refractivity contribution in [3.05, 3.63) is 142 Å². The minimum Gasteiger partial charge on any atom is -0.478 e. The van der Waals surface area contributed by atoms with Gasteiger partial charge in [-0.05, 0) is 83.9 Å². The lowest BCUT2D eigenvalue weighted by Crippen LogP contribution is -2.51. The molecule has 0 amide bonds. The Kier molecular flexibility index (Phi) is 11.1. The van der Waals surface area contributed by atoms with Crippen molar-refractivity contribution in [2.45, 2.75) is 29.0 Å². The topological polar surface area (TPSA) is 215 Å². The van der Waals surface area contributed by atoms with Gasteiger partial charge in [-0.15, -0.1) is 0 Å². The summed E-state index contributed by atoms with van der Waals surface area (Å²) in [5.41, 5.74) is 1.54. The number of hydrogen-bond acceptors (Lipinski definition) is 10. The van der Waals surface area contributed by atoms with Crippen LogP contribution in [0.1, 0.15) is 31.8 Å². The van der Waals surface area contributed by atoms with Crippen LogP contribution in [0.4, 0.5) is 11.4 Å². The molecular weight excluding hydrogens is 821 g/mol. The number of aromatic carboxylic acids is 2. The molecule has 4 N–H and O–H groups in total. The fourth-order valence-corrected chi connectivity index (χ4v) is 8.17. The van der Waals surface area contributed by atoms with Gasteiger partial charge in [0.15, 0.2) is 0 Å². The van der Waals surface area contributed by atoms with Crippen LogP contribution in [0.3, 0.4) is 0 Å². The molecule has 57 heavy (non-hydrogen) atoms. The first kappa shape index (κ1) is 39.5. The zero-order chi connectivity index (χ0) is 40.5. The molecular formula is C37H31Cl2N7O9S2. The van der Waals surface area contributed by atoms with Crippen molar-refractivity contribution in [3.8, 4) is 11.4 Å². The molecule has 0 aliphatic carbocycles. The van der Waals surface area contributed by atoms with Crippen molar-refractivity contribution in [2.24, 2.45) is 0 Å². The Balaban J connectivity index is 0.934. The summed E-state index contributed by atoms with van der Waals surface area (Å²) in [6.45, 7) is 1.39. The predicted octanol–water partition coefficient (Wildman–Crippen LogP) is 5.76. The zero-order valence-corrected chi connectivity index (χ0v) is 32.5. The number of sulfonamides is 2. The summed E-state index contributed by atoms with van der Waals surface area (Å²) in [5, 5.41) is 29.0.